The van der Waals surface area contributed by atoms with E-state index in [4.69, 9.17) is 12.8 Å². The first-order valence-corrected chi connectivity index (χ1v) is 5.62. The topological polar surface area (TPSA) is 0 Å². The van der Waals surface area contributed by atoms with Crippen molar-refractivity contribution < 1.29 is 0 Å². The molecule has 0 aliphatic heterocycles. The molecule has 0 aromatic heterocycles. The van der Waals surface area contributed by atoms with Gasteiger partial charge in [-0.2, -0.15) is 0 Å². The minimum Gasteiger partial charge on any atom is -0.694 e. The molecule has 0 aromatic rings. The van der Waals surface area contributed by atoms with Crippen molar-refractivity contribution in [2.75, 3.05) is 0 Å². The Hall–Kier alpha value is -0.114. The van der Waals surface area contributed by atoms with E-state index in [0.29, 0.717) is 0 Å². The molecule has 0 aliphatic rings. The van der Waals surface area contributed by atoms with E-state index in [0.717, 1.165) is 25.7 Å². The van der Waals surface area contributed by atoms with Crippen LogP contribution in [0.1, 0.15) is 65.2 Å². The van der Waals surface area contributed by atoms with Crippen molar-refractivity contribution in [3.8, 4) is 11.8 Å². The summed E-state index contributed by atoms with van der Waals surface area (Å²) in [5, 5.41) is 0. The zero-order valence-corrected chi connectivity index (χ0v) is 11.8. The van der Waals surface area contributed by atoms with Crippen molar-refractivity contribution in [3.05, 3.63) is 12.8 Å². The molecule has 15 heavy (non-hydrogen) atoms. The van der Waals surface area contributed by atoms with E-state index >= 15 is 0 Å². The molecule has 0 radical (unpaired) electrons. The standard InChI is InChI=1S/2C7H11.Mg/c2*1-3-5-7-6-4-2;/h2*3,5-7H2,1H3;/q2*-1;+2. The number of hydrogen-bond donors (Lipinski definition) is 0. The predicted molar refractivity (Wildman–Crippen MR) is 68.3 cm³/mol. The van der Waals surface area contributed by atoms with Gasteiger partial charge in [0.05, 0.1) is 0 Å². The second-order valence-electron chi connectivity index (χ2n) is 3.27. The van der Waals surface area contributed by atoms with Crippen LogP contribution in [0.25, 0.3) is 0 Å². The van der Waals surface area contributed by atoms with Gasteiger partial charge < -0.3 is 24.7 Å². The summed E-state index contributed by atoms with van der Waals surface area (Å²) in [4.78, 5) is 0. The van der Waals surface area contributed by atoms with Crippen molar-refractivity contribution in [1.29, 1.82) is 0 Å². The summed E-state index contributed by atoms with van der Waals surface area (Å²) in [5.41, 5.74) is 0. The van der Waals surface area contributed by atoms with E-state index in [9.17, 15) is 0 Å². The van der Waals surface area contributed by atoms with Gasteiger partial charge in [0.25, 0.3) is 0 Å². The normalized spacial score (nSPS) is 7.47. The molecule has 0 aromatic carbocycles. The fourth-order valence-corrected chi connectivity index (χ4v) is 0.927. The monoisotopic (exact) mass is 214 g/mol. The Bertz CT molecular complexity index is 139. The van der Waals surface area contributed by atoms with Crippen molar-refractivity contribution in [1.82, 2.24) is 0 Å². The average molecular weight is 215 g/mol. The first-order chi connectivity index (χ1) is 6.83. The van der Waals surface area contributed by atoms with Gasteiger partial charge in [-0.25, -0.2) is 0 Å². The van der Waals surface area contributed by atoms with E-state index in [2.05, 4.69) is 25.7 Å². The van der Waals surface area contributed by atoms with Gasteiger partial charge >= 0.3 is 23.1 Å². The Morgan fingerprint density at radius 2 is 1.07 bits per heavy atom. The average Bonchev–Trinajstić information content (AvgIpc) is 2.21. The van der Waals surface area contributed by atoms with Crippen LogP contribution in [-0.2, 0) is 0 Å². The maximum atomic E-state index is 6.53. The Labute approximate surface area is 113 Å². The molecule has 0 fully saturated rings. The summed E-state index contributed by atoms with van der Waals surface area (Å²) in [5.74, 6) is 4.70. The second-order valence-corrected chi connectivity index (χ2v) is 3.27. The summed E-state index contributed by atoms with van der Waals surface area (Å²) in [6.07, 6.45) is 22.0. The molecule has 0 atom stereocenters. The van der Waals surface area contributed by atoms with E-state index in [1.54, 1.807) is 0 Å². The minimum absolute atomic E-state index is 0. The SMILES string of the molecule is [C-]#CCCCCC.[C-]#CCCCCC.[Mg+2]. The smallest absolute Gasteiger partial charge is 0.694 e. The van der Waals surface area contributed by atoms with Crippen molar-refractivity contribution in [2.45, 2.75) is 65.2 Å². The van der Waals surface area contributed by atoms with Crippen LogP contribution in [0.3, 0.4) is 0 Å². The first-order valence-electron chi connectivity index (χ1n) is 5.62. The molecular weight excluding hydrogens is 192 g/mol. The number of unbranched alkanes of at least 4 members (excludes halogenated alkanes) is 6. The largest absolute Gasteiger partial charge is 2.00 e. The molecule has 0 amide bonds. The summed E-state index contributed by atoms with van der Waals surface area (Å²) in [6, 6.07) is 0. The van der Waals surface area contributed by atoms with Gasteiger partial charge in [-0.1, -0.05) is 39.5 Å². The van der Waals surface area contributed by atoms with Crippen LogP contribution in [0.5, 0.6) is 0 Å². The maximum absolute atomic E-state index is 6.53. The van der Waals surface area contributed by atoms with E-state index in [1.807, 2.05) is 0 Å². The van der Waals surface area contributed by atoms with Gasteiger partial charge in [-0.15, -0.1) is 0 Å². The van der Waals surface area contributed by atoms with Crippen LogP contribution in [0.4, 0.5) is 0 Å². The molecule has 0 rings (SSSR count). The van der Waals surface area contributed by atoms with Crippen molar-refractivity contribution in [2.24, 2.45) is 0 Å². The third kappa shape index (κ3) is 31.5. The predicted octanol–water partition coefficient (Wildman–Crippen LogP) is 3.93. The first kappa shape index (κ1) is 20.3. The van der Waals surface area contributed by atoms with Crippen LogP contribution < -0.4 is 0 Å². The number of hydrogen-bond acceptors (Lipinski definition) is 0. The Morgan fingerprint density at radius 1 is 0.733 bits per heavy atom. The fourth-order valence-electron chi connectivity index (χ4n) is 0.927. The van der Waals surface area contributed by atoms with Gasteiger partial charge in [-0.3, -0.25) is 0 Å². The van der Waals surface area contributed by atoms with E-state index < -0.39 is 0 Å². The van der Waals surface area contributed by atoms with Crippen LogP contribution in [0.15, 0.2) is 0 Å². The molecule has 1 heteroatoms. The third-order valence-electron chi connectivity index (χ3n) is 1.81. The number of rotatable bonds is 6. The second kappa shape index (κ2) is 23.6. The molecule has 80 valence electrons. The molecule has 0 bridgehead atoms. The summed E-state index contributed by atoms with van der Waals surface area (Å²) >= 11 is 0. The molecule has 0 saturated heterocycles. The fraction of sp³-hybridized carbons (Fsp3) is 0.714. The van der Waals surface area contributed by atoms with Gasteiger partial charge in [-0.05, 0) is 25.7 Å². The zero-order chi connectivity index (χ0) is 11.1. The Morgan fingerprint density at radius 3 is 1.27 bits per heavy atom. The van der Waals surface area contributed by atoms with Gasteiger partial charge in [0, 0.05) is 0 Å². The van der Waals surface area contributed by atoms with Crippen LogP contribution in [0.2, 0.25) is 0 Å². The summed E-state index contributed by atoms with van der Waals surface area (Å²) < 4.78 is 0. The van der Waals surface area contributed by atoms with Gasteiger partial charge in [0.1, 0.15) is 0 Å². The van der Waals surface area contributed by atoms with E-state index in [-0.39, 0.29) is 23.1 Å². The molecule has 0 heterocycles. The van der Waals surface area contributed by atoms with Crippen LogP contribution in [-0.4, -0.2) is 23.1 Å². The summed E-state index contributed by atoms with van der Waals surface area (Å²) in [7, 11) is 0. The quantitative estimate of drug-likeness (QED) is 0.272. The minimum atomic E-state index is 0. The molecule has 0 nitrogen and oxygen atoms in total. The van der Waals surface area contributed by atoms with Gasteiger partial charge in [0.2, 0.25) is 0 Å². The Balaban J connectivity index is -0.000000180. The van der Waals surface area contributed by atoms with Crippen LogP contribution >= 0.6 is 0 Å². The van der Waals surface area contributed by atoms with Crippen LogP contribution in [0, 0.1) is 24.7 Å². The maximum Gasteiger partial charge on any atom is 2.00 e. The molecule has 0 N–H and O–H groups in total. The van der Waals surface area contributed by atoms with E-state index in [1.165, 1.54) is 25.7 Å². The molecule has 0 unspecified atom stereocenters. The molecular formula is C14H22Mg. The van der Waals surface area contributed by atoms with Crippen molar-refractivity contribution >= 4 is 23.1 Å². The molecule has 0 spiro atoms. The molecule has 0 saturated carbocycles. The van der Waals surface area contributed by atoms with Gasteiger partial charge in [0.15, 0.2) is 0 Å². The Kier molecular flexibility index (Phi) is 32.0. The molecule has 0 aliphatic carbocycles. The summed E-state index contributed by atoms with van der Waals surface area (Å²) in [6.45, 7) is 4.31. The van der Waals surface area contributed by atoms with Crippen molar-refractivity contribution in [3.63, 3.8) is 0 Å². The third-order valence-corrected chi connectivity index (χ3v) is 1.81. The zero-order valence-electron chi connectivity index (χ0n) is 10.4.